The lowest BCUT2D eigenvalue weighted by molar-refractivity contribution is 0.0945. The van der Waals surface area contributed by atoms with Crippen molar-refractivity contribution in [1.82, 2.24) is 5.32 Å². The van der Waals surface area contributed by atoms with Crippen LogP contribution in [0.25, 0.3) is 0 Å². The molecule has 0 heterocycles. The average molecular weight is 223 g/mol. The van der Waals surface area contributed by atoms with Crippen molar-refractivity contribution in [2.24, 2.45) is 0 Å². The highest BCUT2D eigenvalue weighted by atomic mass is 19.1. The number of hydrogen-bond acceptors (Lipinski definition) is 2. The number of benzene rings is 1. The van der Waals surface area contributed by atoms with E-state index in [-0.39, 0.29) is 17.6 Å². The number of carbonyl (C=O) groups excluding carboxylic acids is 1. The molecule has 16 heavy (non-hydrogen) atoms. The van der Waals surface area contributed by atoms with Crippen LogP contribution in [0, 0.1) is 5.82 Å². The molecule has 0 aliphatic heterocycles. The maximum atomic E-state index is 12.7. The van der Waals surface area contributed by atoms with Crippen molar-refractivity contribution in [1.29, 1.82) is 0 Å². The minimum Gasteiger partial charge on any atom is -0.305 e. The lowest BCUT2D eigenvalue weighted by Gasteiger charge is -2.17. The molecular formula is C13H18FNO. The molecule has 1 rings (SSSR count). The molecule has 0 aliphatic rings. The standard InChI is InChI=1S/C13H18FNO/c1-4-9(2)15-10(3)13(16)11-5-7-12(14)8-6-11/h5-10,15H,4H2,1-3H3. The van der Waals surface area contributed by atoms with Gasteiger partial charge in [0.05, 0.1) is 6.04 Å². The van der Waals surface area contributed by atoms with Crippen LogP contribution in [-0.4, -0.2) is 17.9 Å². The van der Waals surface area contributed by atoms with Crippen LogP contribution in [0.15, 0.2) is 24.3 Å². The third kappa shape index (κ3) is 3.42. The summed E-state index contributed by atoms with van der Waals surface area (Å²) in [6, 6.07) is 5.73. The Hall–Kier alpha value is -1.22. The summed E-state index contributed by atoms with van der Waals surface area (Å²) in [6.45, 7) is 5.93. The number of Topliss-reactive ketones (excluding diaryl/α,β-unsaturated/α-hetero) is 1. The average Bonchev–Trinajstić information content (AvgIpc) is 2.28. The van der Waals surface area contributed by atoms with Gasteiger partial charge in [-0.05, 0) is 44.5 Å². The predicted octanol–water partition coefficient (Wildman–Crippen LogP) is 2.79. The maximum Gasteiger partial charge on any atom is 0.179 e. The molecule has 0 fully saturated rings. The second kappa shape index (κ2) is 5.75. The van der Waals surface area contributed by atoms with E-state index in [0.717, 1.165) is 6.42 Å². The highest BCUT2D eigenvalue weighted by Crippen LogP contribution is 2.06. The second-order valence-electron chi connectivity index (χ2n) is 4.07. The Morgan fingerprint density at radius 2 is 1.88 bits per heavy atom. The molecule has 1 aromatic rings. The second-order valence-corrected chi connectivity index (χ2v) is 4.07. The summed E-state index contributed by atoms with van der Waals surface area (Å²) in [4.78, 5) is 11.9. The fourth-order valence-corrected chi connectivity index (χ4v) is 1.48. The van der Waals surface area contributed by atoms with E-state index in [0.29, 0.717) is 11.6 Å². The topological polar surface area (TPSA) is 29.1 Å². The van der Waals surface area contributed by atoms with Crippen LogP contribution in [0.4, 0.5) is 4.39 Å². The Morgan fingerprint density at radius 3 is 2.38 bits per heavy atom. The molecule has 0 aromatic heterocycles. The van der Waals surface area contributed by atoms with Gasteiger partial charge in [0.25, 0.3) is 0 Å². The van der Waals surface area contributed by atoms with Gasteiger partial charge in [0.15, 0.2) is 5.78 Å². The molecule has 2 atom stereocenters. The van der Waals surface area contributed by atoms with Gasteiger partial charge in [-0.3, -0.25) is 4.79 Å². The van der Waals surface area contributed by atoms with Crippen molar-refractivity contribution in [3.05, 3.63) is 35.6 Å². The zero-order valence-electron chi connectivity index (χ0n) is 9.96. The van der Waals surface area contributed by atoms with E-state index < -0.39 is 0 Å². The molecule has 0 aliphatic carbocycles. The van der Waals surface area contributed by atoms with E-state index in [1.165, 1.54) is 24.3 Å². The first-order chi connectivity index (χ1) is 7.54. The van der Waals surface area contributed by atoms with Crippen LogP contribution >= 0.6 is 0 Å². The predicted molar refractivity (Wildman–Crippen MR) is 63.1 cm³/mol. The molecular weight excluding hydrogens is 205 g/mol. The van der Waals surface area contributed by atoms with Crippen LogP contribution in [0.3, 0.4) is 0 Å². The molecule has 0 spiro atoms. The first-order valence-corrected chi connectivity index (χ1v) is 5.60. The van der Waals surface area contributed by atoms with Crippen molar-refractivity contribution in [2.45, 2.75) is 39.3 Å². The lowest BCUT2D eigenvalue weighted by atomic mass is 10.0. The highest BCUT2D eigenvalue weighted by Gasteiger charge is 2.16. The largest absolute Gasteiger partial charge is 0.305 e. The number of halogens is 1. The molecule has 1 aromatic carbocycles. The Bertz CT molecular complexity index is 347. The minimum absolute atomic E-state index is 0.000278. The smallest absolute Gasteiger partial charge is 0.179 e. The summed E-state index contributed by atoms with van der Waals surface area (Å²) < 4.78 is 12.7. The quantitative estimate of drug-likeness (QED) is 0.778. The van der Waals surface area contributed by atoms with Gasteiger partial charge in [0, 0.05) is 11.6 Å². The van der Waals surface area contributed by atoms with E-state index in [1.807, 2.05) is 13.8 Å². The molecule has 0 bridgehead atoms. The first-order valence-electron chi connectivity index (χ1n) is 5.60. The van der Waals surface area contributed by atoms with Crippen molar-refractivity contribution in [3.63, 3.8) is 0 Å². The Morgan fingerprint density at radius 1 is 1.31 bits per heavy atom. The number of carbonyl (C=O) groups is 1. The molecule has 2 unspecified atom stereocenters. The summed E-state index contributed by atoms with van der Waals surface area (Å²) in [5.74, 6) is -0.320. The third-order valence-electron chi connectivity index (χ3n) is 2.67. The molecule has 1 N–H and O–H groups in total. The van der Waals surface area contributed by atoms with Crippen LogP contribution in [-0.2, 0) is 0 Å². The molecule has 0 saturated carbocycles. The van der Waals surface area contributed by atoms with Gasteiger partial charge < -0.3 is 5.32 Å². The fourth-order valence-electron chi connectivity index (χ4n) is 1.48. The van der Waals surface area contributed by atoms with Crippen molar-refractivity contribution < 1.29 is 9.18 Å². The third-order valence-corrected chi connectivity index (χ3v) is 2.67. The molecule has 3 heteroatoms. The van der Waals surface area contributed by atoms with E-state index >= 15 is 0 Å². The lowest BCUT2D eigenvalue weighted by Crippen LogP contribution is -2.39. The maximum absolute atomic E-state index is 12.7. The molecule has 88 valence electrons. The first kappa shape index (κ1) is 12.8. The number of rotatable bonds is 5. The summed E-state index contributed by atoms with van der Waals surface area (Å²) >= 11 is 0. The number of nitrogens with one attached hydrogen (secondary N) is 1. The summed E-state index contributed by atoms with van der Waals surface area (Å²) in [7, 11) is 0. The van der Waals surface area contributed by atoms with Crippen LogP contribution < -0.4 is 5.32 Å². The van der Waals surface area contributed by atoms with Crippen LogP contribution in [0.5, 0.6) is 0 Å². The summed E-state index contributed by atoms with van der Waals surface area (Å²) in [6.07, 6.45) is 0.973. The number of hydrogen-bond donors (Lipinski definition) is 1. The van der Waals surface area contributed by atoms with Gasteiger partial charge in [0.2, 0.25) is 0 Å². The van der Waals surface area contributed by atoms with Crippen LogP contribution in [0.2, 0.25) is 0 Å². The van der Waals surface area contributed by atoms with Gasteiger partial charge >= 0.3 is 0 Å². The zero-order chi connectivity index (χ0) is 12.1. The van der Waals surface area contributed by atoms with E-state index in [1.54, 1.807) is 0 Å². The van der Waals surface area contributed by atoms with Crippen molar-refractivity contribution in [2.75, 3.05) is 0 Å². The Labute approximate surface area is 95.9 Å². The Kier molecular flexibility index (Phi) is 4.62. The minimum atomic E-state index is -0.320. The normalized spacial score (nSPS) is 14.5. The van der Waals surface area contributed by atoms with Crippen LogP contribution in [0.1, 0.15) is 37.6 Å². The Balaban J connectivity index is 2.67. The SMILES string of the molecule is CCC(C)NC(C)C(=O)c1ccc(F)cc1. The molecule has 0 amide bonds. The van der Waals surface area contributed by atoms with Gasteiger partial charge in [-0.1, -0.05) is 6.92 Å². The fraction of sp³-hybridized carbons (Fsp3) is 0.462. The van der Waals surface area contributed by atoms with Gasteiger partial charge in [-0.15, -0.1) is 0 Å². The summed E-state index contributed by atoms with van der Waals surface area (Å²) in [5.41, 5.74) is 0.546. The van der Waals surface area contributed by atoms with Crippen molar-refractivity contribution in [3.8, 4) is 0 Å². The molecule has 0 saturated heterocycles. The number of ketones is 1. The van der Waals surface area contributed by atoms with Gasteiger partial charge in [-0.25, -0.2) is 4.39 Å². The molecule has 2 nitrogen and oxygen atoms in total. The molecule has 0 radical (unpaired) electrons. The van der Waals surface area contributed by atoms with E-state index in [9.17, 15) is 9.18 Å². The van der Waals surface area contributed by atoms with E-state index in [4.69, 9.17) is 0 Å². The highest BCUT2D eigenvalue weighted by molar-refractivity contribution is 5.99. The summed E-state index contributed by atoms with van der Waals surface area (Å²) in [5, 5.41) is 3.20. The monoisotopic (exact) mass is 223 g/mol. The van der Waals surface area contributed by atoms with E-state index in [2.05, 4.69) is 12.2 Å². The zero-order valence-corrected chi connectivity index (χ0v) is 9.96. The van der Waals surface area contributed by atoms with Crippen molar-refractivity contribution >= 4 is 5.78 Å². The van der Waals surface area contributed by atoms with Gasteiger partial charge in [0.1, 0.15) is 5.82 Å². The van der Waals surface area contributed by atoms with Gasteiger partial charge in [-0.2, -0.15) is 0 Å².